The Hall–Kier alpha value is -2.43. The van der Waals surface area contributed by atoms with Gasteiger partial charge in [-0.3, -0.25) is 9.69 Å². The second-order valence-corrected chi connectivity index (χ2v) is 7.68. The van der Waals surface area contributed by atoms with Gasteiger partial charge in [0.25, 0.3) is 5.91 Å². The van der Waals surface area contributed by atoms with E-state index < -0.39 is 0 Å². The van der Waals surface area contributed by atoms with Crippen molar-refractivity contribution in [2.24, 2.45) is 0 Å². The number of hydrogen-bond donors (Lipinski definition) is 1. The quantitative estimate of drug-likeness (QED) is 0.729. The Labute approximate surface area is 158 Å². The third kappa shape index (κ3) is 4.03. The second-order valence-electron chi connectivity index (χ2n) is 6.73. The summed E-state index contributed by atoms with van der Waals surface area (Å²) in [5.41, 5.74) is 3.21. The zero-order valence-electron chi connectivity index (χ0n) is 14.6. The van der Waals surface area contributed by atoms with E-state index >= 15 is 0 Å². The molecule has 132 valence electrons. The fourth-order valence-electron chi connectivity index (χ4n) is 3.43. The second kappa shape index (κ2) is 7.85. The molecule has 1 aromatic heterocycles. The van der Waals surface area contributed by atoms with Gasteiger partial charge in [-0.1, -0.05) is 48.5 Å². The minimum absolute atomic E-state index is 0.0225. The van der Waals surface area contributed by atoms with Crippen molar-refractivity contribution < 1.29 is 4.79 Å². The standard InChI is InChI=1S/C22H22N2OS/c25-22(19-10-8-18(9-11-19)21-7-4-14-26-21)23-20-12-13-24(16-20)15-17-5-2-1-3-6-17/h1-11,14,20H,12-13,15-16H2,(H,23,25)/t20-/m1/s1. The zero-order valence-corrected chi connectivity index (χ0v) is 15.4. The molecule has 1 N–H and O–H groups in total. The maximum atomic E-state index is 12.5. The largest absolute Gasteiger partial charge is 0.348 e. The van der Waals surface area contributed by atoms with Gasteiger partial charge in [-0.05, 0) is 41.1 Å². The first-order valence-corrected chi connectivity index (χ1v) is 9.87. The summed E-state index contributed by atoms with van der Waals surface area (Å²) in [4.78, 5) is 16.2. The Morgan fingerprint density at radius 3 is 2.58 bits per heavy atom. The summed E-state index contributed by atoms with van der Waals surface area (Å²) >= 11 is 1.71. The van der Waals surface area contributed by atoms with Crippen LogP contribution < -0.4 is 5.32 Å². The monoisotopic (exact) mass is 362 g/mol. The number of hydrogen-bond acceptors (Lipinski definition) is 3. The van der Waals surface area contributed by atoms with Gasteiger partial charge < -0.3 is 5.32 Å². The minimum Gasteiger partial charge on any atom is -0.348 e. The van der Waals surface area contributed by atoms with E-state index in [2.05, 4.69) is 45.9 Å². The van der Waals surface area contributed by atoms with Gasteiger partial charge >= 0.3 is 0 Å². The molecule has 1 fully saturated rings. The van der Waals surface area contributed by atoms with Crippen LogP contribution in [0.1, 0.15) is 22.3 Å². The normalized spacial score (nSPS) is 17.3. The van der Waals surface area contributed by atoms with Crippen molar-refractivity contribution in [2.45, 2.75) is 19.0 Å². The van der Waals surface area contributed by atoms with Crippen LogP contribution in [-0.4, -0.2) is 29.9 Å². The van der Waals surface area contributed by atoms with Gasteiger partial charge in [0.2, 0.25) is 0 Å². The summed E-state index contributed by atoms with van der Waals surface area (Å²) in [6.45, 7) is 2.88. The number of carbonyl (C=O) groups is 1. The van der Waals surface area contributed by atoms with Gasteiger partial charge in [-0.25, -0.2) is 0 Å². The van der Waals surface area contributed by atoms with Gasteiger partial charge in [0.05, 0.1) is 0 Å². The van der Waals surface area contributed by atoms with Crippen LogP contribution in [-0.2, 0) is 6.54 Å². The van der Waals surface area contributed by atoms with Crippen molar-refractivity contribution in [1.29, 1.82) is 0 Å². The highest BCUT2D eigenvalue weighted by Gasteiger charge is 2.24. The molecule has 0 bridgehead atoms. The summed E-state index contributed by atoms with van der Waals surface area (Å²) < 4.78 is 0. The molecule has 3 aromatic rings. The topological polar surface area (TPSA) is 32.3 Å². The van der Waals surface area contributed by atoms with Gasteiger partial charge in [-0.15, -0.1) is 11.3 Å². The maximum absolute atomic E-state index is 12.5. The van der Waals surface area contributed by atoms with Crippen LogP contribution >= 0.6 is 11.3 Å². The highest BCUT2D eigenvalue weighted by molar-refractivity contribution is 7.13. The van der Waals surface area contributed by atoms with Gasteiger partial charge in [-0.2, -0.15) is 0 Å². The molecule has 1 aliphatic heterocycles. The number of thiophene rings is 1. The molecule has 3 nitrogen and oxygen atoms in total. The van der Waals surface area contributed by atoms with Crippen molar-refractivity contribution >= 4 is 17.2 Å². The average molecular weight is 362 g/mol. The van der Waals surface area contributed by atoms with Crippen LogP contribution in [0, 0.1) is 0 Å². The van der Waals surface area contributed by atoms with Crippen LogP contribution in [0.2, 0.25) is 0 Å². The lowest BCUT2D eigenvalue weighted by Crippen LogP contribution is -2.36. The number of nitrogens with one attached hydrogen (secondary N) is 1. The summed E-state index contributed by atoms with van der Waals surface area (Å²) in [5.74, 6) is 0.0225. The van der Waals surface area contributed by atoms with E-state index in [0.29, 0.717) is 0 Å². The Morgan fingerprint density at radius 1 is 1.04 bits per heavy atom. The number of amides is 1. The van der Waals surface area contributed by atoms with Crippen molar-refractivity contribution in [3.05, 3.63) is 83.2 Å². The molecule has 26 heavy (non-hydrogen) atoms. The van der Waals surface area contributed by atoms with Crippen LogP contribution in [0.25, 0.3) is 10.4 Å². The van der Waals surface area contributed by atoms with E-state index in [1.165, 1.54) is 10.4 Å². The Morgan fingerprint density at radius 2 is 1.85 bits per heavy atom. The van der Waals surface area contributed by atoms with E-state index in [1.54, 1.807) is 11.3 Å². The van der Waals surface area contributed by atoms with E-state index in [-0.39, 0.29) is 11.9 Å². The van der Waals surface area contributed by atoms with Crippen LogP contribution in [0.4, 0.5) is 0 Å². The number of carbonyl (C=O) groups excluding carboxylic acids is 1. The Bertz CT molecular complexity index is 844. The van der Waals surface area contributed by atoms with Crippen molar-refractivity contribution in [1.82, 2.24) is 10.2 Å². The number of benzene rings is 2. The predicted octanol–water partition coefficient (Wildman–Crippen LogP) is 4.42. The highest BCUT2D eigenvalue weighted by atomic mass is 32.1. The third-order valence-corrected chi connectivity index (χ3v) is 5.73. The number of rotatable bonds is 5. The molecule has 0 saturated carbocycles. The lowest BCUT2D eigenvalue weighted by atomic mass is 10.1. The Kier molecular flexibility index (Phi) is 5.14. The number of nitrogens with zero attached hydrogens (tertiary/aromatic N) is 1. The highest BCUT2D eigenvalue weighted by Crippen LogP contribution is 2.24. The van der Waals surface area contributed by atoms with Crippen LogP contribution in [0.3, 0.4) is 0 Å². The van der Waals surface area contributed by atoms with Crippen LogP contribution in [0.5, 0.6) is 0 Å². The molecule has 1 atom stereocenters. The molecule has 0 aliphatic carbocycles. The molecular formula is C22H22N2OS. The van der Waals surface area contributed by atoms with Gasteiger partial charge in [0.1, 0.15) is 0 Å². The van der Waals surface area contributed by atoms with Gasteiger partial charge in [0, 0.05) is 36.1 Å². The molecule has 0 unspecified atom stereocenters. The Balaban J connectivity index is 1.32. The summed E-state index contributed by atoms with van der Waals surface area (Å²) in [6, 6.07) is 22.7. The van der Waals surface area contributed by atoms with E-state index in [4.69, 9.17) is 0 Å². The molecule has 1 aliphatic rings. The summed E-state index contributed by atoms with van der Waals surface area (Å²) in [6.07, 6.45) is 1.01. The molecule has 1 amide bonds. The summed E-state index contributed by atoms with van der Waals surface area (Å²) in [7, 11) is 0. The molecule has 2 heterocycles. The minimum atomic E-state index is 0.0225. The molecule has 4 heteroatoms. The maximum Gasteiger partial charge on any atom is 0.251 e. The van der Waals surface area contributed by atoms with Gasteiger partial charge in [0.15, 0.2) is 0 Å². The first-order valence-electron chi connectivity index (χ1n) is 8.99. The third-order valence-electron chi connectivity index (χ3n) is 4.81. The van der Waals surface area contributed by atoms with E-state index in [0.717, 1.165) is 37.2 Å². The SMILES string of the molecule is O=C(N[C@@H]1CCN(Cc2ccccc2)C1)c1ccc(-c2cccs2)cc1. The van der Waals surface area contributed by atoms with Crippen LogP contribution in [0.15, 0.2) is 72.1 Å². The van der Waals surface area contributed by atoms with Crippen molar-refractivity contribution in [2.75, 3.05) is 13.1 Å². The molecule has 2 aromatic carbocycles. The van der Waals surface area contributed by atoms with E-state index in [1.807, 2.05) is 36.4 Å². The number of likely N-dealkylation sites (tertiary alicyclic amines) is 1. The fourth-order valence-corrected chi connectivity index (χ4v) is 4.17. The van der Waals surface area contributed by atoms with E-state index in [9.17, 15) is 4.79 Å². The molecule has 0 radical (unpaired) electrons. The lowest BCUT2D eigenvalue weighted by molar-refractivity contribution is 0.0937. The molecule has 0 spiro atoms. The summed E-state index contributed by atoms with van der Waals surface area (Å²) in [5, 5.41) is 5.25. The smallest absolute Gasteiger partial charge is 0.251 e. The first kappa shape index (κ1) is 17.0. The average Bonchev–Trinajstić information content (AvgIpc) is 3.35. The van der Waals surface area contributed by atoms with Crippen molar-refractivity contribution in [3.63, 3.8) is 0 Å². The molecular weight excluding hydrogens is 340 g/mol. The molecule has 1 saturated heterocycles. The molecule has 4 rings (SSSR count). The van der Waals surface area contributed by atoms with Crippen molar-refractivity contribution in [3.8, 4) is 10.4 Å². The zero-order chi connectivity index (χ0) is 17.8. The first-order chi connectivity index (χ1) is 12.8. The predicted molar refractivity (Wildman–Crippen MR) is 107 cm³/mol. The lowest BCUT2D eigenvalue weighted by Gasteiger charge is -2.17. The fraction of sp³-hybridized carbons (Fsp3) is 0.227.